The van der Waals surface area contributed by atoms with E-state index in [1.807, 2.05) is 0 Å². The molecule has 0 fully saturated rings. The SMILES string of the molecule is CCNCc1sc(N(C)C(C)CC)nc1COC. The molecule has 0 aliphatic carbocycles. The lowest BCUT2D eigenvalue weighted by atomic mass is 10.2. The van der Waals surface area contributed by atoms with Gasteiger partial charge >= 0.3 is 0 Å². The number of nitrogens with zero attached hydrogens (tertiary/aromatic N) is 2. The fraction of sp³-hybridized carbons (Fsp3) is 0.769. The maximum atomic E-state index is 5.23. The first-order valence-corrected chi connectivity index (χ1v) is 7.36. The van der Waals surface area contributed by atoms with E-state index in [1.165, 1.54) is 4.88 Å². The predicted molar refractivity (Wildman–Crippen MR) is 78.4 cm³/mol. The van der Waals surface area contributed by atoms with E-state index in [0.717, 1.165) is 30.3 Å². The van der Waals surface area contributed by atoms with Crippen molar-refractivity contribution in [2.24, 2.45) is 0 Å². The Morgan fingerprint density at radius 3 is 2.72 bits per heavy atom. The first-order chi connectivity index (χ1) is 8.63. The molecule has 0 spiro atoms. The second-order valence-electron chi connectivity index (χ2n) is 4.45. The molecule has 0 saturated carbocycles. The number of rotatable bonds is 8. The zero-order valence-corrected chi connectivity index (χ0v) is 12.9. The van der Waals surface area contributed by atoms with Gasteiger partial charge in [-0.2, -0.15) is 0 Å². The maximum Gasteiger partial charge on any atom is 0.185 e. The van der Waals surface area contributed by atoms with E-state index in [4.69, 9.17) is 9.72 Å². The van der Waals surface area contributed by atoms with Crippen molar-refractivity contribution >= 4 is 16.5 Å². The molecule has 1 N–H and O–H groups in total. The van der Waals surface area contributed by atoms with Crippen LogP contribution in [0.25, 0.3) is 0 Å². The minimum absolute atomic E-state index is 0.513. The van der Waals surface area contributed by atoms with Crippen LogP contribution in [0.2, 0.25) is 0 Å². The number of aromatic nitrogens is 1. The molecule has 0 aliphatic heterocycles. The highest BCUT2D eigenvalue weighted by molar-refractivity contribution is 7.15. The maximum absolute atomic E-state index is 5.23. The molecule has 4 nitrogen and oxygen atoms in total. The highest BCUT2D eigenvalue weighted by atomic mass is 32.1. The molecule has 0 radical (unpaired) electrons. The summed E-state index contributed by atoms with van der Waals surface area (Å²) in [6.07, 6.45) is 1.12. The Morgan fingerprint density at radius 2 is 2.17 bits per heavy atom. The van der Waals surface area contributed by atoms with Gasteiger partial charge in [-0.25, -0.2) is 4.98 Å². The van der Waals surface area contributed by atoms with Gasteiger partial charge in [0.15, 0.2) is 5.13 Å². The fourth-order valence-electron chi connectivity index (χ4n) is 1.61. The second kappa shape index (κ2) is 7.71. The molecular formula is C13H25N3OS. The van der Waals surface area contributed by atoms with Crippen molar-refractivity contribution in [3.8, 4) is 0 Å². The normalized spacial score (nSPS) is 12.7. The number of hydrogen-bond donors (Lipinski definition) is 1. The molecule has 1 aromatic rings. The quantitative estimate of drug-likeness (QED) is 0.789. The fourth-order valence-corrected chi connectivity index (χ4v) is 2.71. The smallest absolute Gasteiger partial charge is 0.185 e. The molecule has 1 aromatic heterocycles. The van der Waals surface area contributed by atoms with E-state index in [1.54, 1.807) is 18.4 Å². The molecule has 0 amide bonds. The summed E-state index contributed by atoms with van der Waals surface area (Å²) >= 11 is 1.76. The summed E-state index contributed by atoms with van der Waals surface area (Å²) in [5.74, 6) is 0. The van der Waals surface area contributed by atoms with Crippen molar-refractivity contribution in [3.05, 3.63) is 10.6 Å². The topological polar surface area (TPSA) is 37.4 Å². The van der Waals surface area contributed by atoms with Crippen LogP contribution in [0, 0.1) is 0 Å². The Hall–Kier alpha value is -0.650. The number of methoxy groups -OCH3 is 1. The Bertz CT molecular complexity index is 354. The van der Waals surface area contributed by atoms with Gasteiger partial charge in [0.2, 0.25) is 0 Å². The Labute approximate surface area is 114 Å². The van der Waals surface area contributed by atoms with Gasteiger partial charge in [-0.15, -0.1) is 11.3 Å². The summed E-state index contributed by atoms with van der Waals surface area (Å²) in [4.78, 5) is 8.23. The molecular weight excluding hydrogens is 246 g/mol. The van der Waals surface area contributed by atoms with Crippen LogP contribution in [0.3, 0.4) is 0 Å². The molecule has 0 bridgehead atoms. The van der Waals surface area contributed by atoms with E-state index in [0.29, 0.717) is 12.6 Å². The molecule has 104 valence electrons. The molecule has 5 heteroatoms. The molecule has 1 unspecified atom stereocenters. The largest absolute Gasteiger partial charge is 0.378 e. The predicted octanol–water partition coefficient (Wildman–Crippen LogP) is 2.63. The van der Waals surface area contributed by atoms with Crippen LogP contribution in [0.4, 0.5) is 5.13 Å². The molecule has 1 heterocycles. The minimum atomic E-state index is 0.513. The van der Waals surface area contributed by atoms with Crippen LogP contribution in [0.15, 0.2) is 0 Å². The molecule has 0 aromatic carbocycles. The zero-order chi connectivity index (χ0) is 13.5. The van der Waals surface area contributed by atoms with Crippen molar-refractivity contribution in [3.63, 3.8) is 0 Å². The van der Waals surface area contributed by atoms with Gasteiger partial charge in [-0.05, 0) is 19.9 Å². The van der Waals surface area contributed by atoms with Crippen molar-refractivity contribution in [2.45, 2.75) is 46.4 Å². The Balaban J connectivity index is 2.86. The third-order valence-electron chi connectivity index (χ3n) is 3.14. The summed E-state index contributed by atoms with van der Waals surface area (Å²) in [5, 5.41) is 4.44. The number of thiazole rings is 1. The van der Waals surface area contributed by atoms with Crippen LogP contribution in [-0.4, -0.2) is 31.7 Å². The minimum Gasteiger partial charge on any atom is -0.378 e. The van der Waals surface area contributed by atoms with E-state index in [2.05, 4.69) is 38.0 Å². The summed E-state index contributed by atoms with van der Waals surface area (Å²) in [7, 11) is 3.83. The van der Waals surface area contributed by atoms with Crippen molar-refractivity contribution < 1.29 is 4.74 Å². The number of nitrogens with one attached hydrogen (secondary N) is 1. The van der Waals surface area contributed by atoms with Crippen LogP contribution >= 0.6 is 11.3 Å². The highest BCUT2D eigenvalue weighted by Gasteiger charge is 2.16. The van der Waals surface area contributed by atoms with Gasteiger partial charge in [0.1, 0.15) is 0 Å². The van der Waals surface area contributed by atoms with Crippen LogP contribution in [0.5, 0.6) is 0 Å². The van der Waals surface area contributed by atoms with Gasteiger partial charge in [0, 0.05) is 31.6 Å². The third-order valence-corrected chi connectivity index (χ3v) is 4.33. The Kier molecular flexibility index (Phi) is 6.60. The van der Waals surface area contributed by atoms with Crippen molar-refractivity contribution in [1.29, 1.82) is 0 Å². The number of hydrogen-bond acceptors (Lipinski definition) is 5. The van der Waals surface area contributed by atoms with Crippen molar-refractivity contribution in [1.82, 2.24) is 10.3 Å². The highest BCUT2D eigenvalue weighted by Crippen LogP contribution is 2.27. The summed E-state index contributed by atoms with van der Waals surface area (Å²) < 4.78 is 5.23. The lowest BCUT2D eigenvalue weighted by Crippen LogP contribution is -2.27. The molecule has 1 atom stereocenters. The van der Waals surface area contributed by atoms with Crippen LogP contribution < -0.4 is 10.2 Å². The van der Waals surface area contributed by atoms with Crippen molar-refractivity contribution in [2.75, 3.05) is 25.6 Å². The van der Waals surface area contributed by atoms with E-state index < -0.39 is 0 Å². The average molecular weight is 271 g/mol. The molecule has 0 saturated heterocycles. The van der Waals surface area contributed by atoms with Gasteiger partial charge in [0.25, 0.3) is 0 Å². The van der Waals surface area contributed by atoms with Crippen LogP contribution in [0.1, 0.15) is 37.8 Å². The van der Waals surface area contributed by atoms with Gasteiger partial charge < -0.3 is 15.0 Å². The zero-order valence-electron chi connectivity index (χ0n) is 12.1. The molecule has 0 aliphatic rings. The average Bonchev–Trinajstić information content (AvgIpc) is 2.78. The van der Waals surface area contributed by atoms with E-state index in [9.17, 15) is 0 Å². The first kappa shape index (κ1) is 15.4. The number of ether oxygens (including phenoxy) is 1. The lowest BCUT2D eigenvalue weighted by Gasteiger charge is -2.22. The summed E-state index contributed by atoms with van der Waals surface area (Å²) in [5.41, 5.74) is 1.06. The first-order valence-electron chi connectivity index (χ1n) is 6.55. The molecule has 1 rings (SSSR count). The standard InChI is InChI=1S/C13H25N3OS/c1-6-10(3)16(4)13-15-11(9-17-5)12(18-13)8-14-7-2/h10,14H,6-9H2,1-5H3. The third kappa shape index (κ3) is 3.93. The number of anilines is 1. The van der Waals surface area contributed by atoms with E-state index in [-0.39, 0.29) is 0 Å². The summed E-state index contributed by atoms with van der Waals surface area (Å²) in [6, 6.07) is 0.513. The van der Waals surface area contributed by atoms with Gasteiger partial charge in [-0.3, -0.25) is 0 Å². The lowest BCUT2D eigenvalue weighted by molar-refractivity contribution is 0.181. The Morgan fingerprint density at radius 1 is 1.44 bits per heavy atom. The van der Waals surface area contributed by atoms with Crippen LogP contribution in [-0.2, 0) is 17.9 Å². The summed E-state index contributed by atoms with van der Waals surface area (Å²) in [6.45, 7) is 8.97. The second-order valence-corrected chi connectivity index (χ2v) is 5.51. The van der Waals surface area contributed by atoms with Gasteiger partial charge in [0.05, 0.1) is 12.3 Å². The van der Waals surface area contributed by atoms with E-state index >= 15 is 0 Å². The monoisotopic (exact) mass is 271 g/mol. The van der Waals surface area contributed by atoms with Gasteiger partial charge in [-0.1, -0.05) is 13.8 Å². The molecule has 18 heavy (non-hydrogen) atoms.